The van der Waals surface area contributed by atoms with E-state index >= 15 is 0 Å². The maximum atomic E-state index is 12.4. The van der Waals surface area contributed by atoms with Gasteiger partial charge in [-0.2, -0.15) is 0 Å². The van der Waals surface area contributed by atoms with Crippen molar-refractivity contribution >= 4 is 5.91 Å². The zero-order valence-electron chi connectivity index (χ0n) is 13.4. The van der Waals surface area contributed by atoms with Gasteiger partial charge in [-0.3, -0.25) is 4.79 Å². The summed E-state index contributed by atoms with van der Waals surface area (Å²) in [6.45, 7) is 8.55. The largest absolute Gasteiger partial charge is 0.355 e. The highest BCUT2D eigenvalue weighted by Gasteiger charge is 2.50. The molecule has 0 saturated heterocycles. The summed E-state index contributed by atoms with van der Waals surface area (Å²) in [6.07, 6.45) is 4.19. The fourth-order valence-electron chi connectivity index (χ4n) is 2.90. The number of hydrogen-bond donors (Lipinski definition) is 1. The van der Waals surface area contributed by atoms with Crippen molar-refractivity contribution in [3.05, 3.63) is 35.9 Å². The van der Waals surface area contributed by atoms with Crippen LogP contribution < -0.4 is 5.32 Å². The van der Waals surface area contributed by atoms with Crippen molar-refractivity contribution in [2.75, 3.05) is 26.2 Å². The van der Waals surface area contributed by atoms with Crippen LogP contribution in [0.15, 0.2) is 30.3 Å². The van der Waals surface area contributed by atoms with E-state index in [4.69, 9.17) is 0 Å². The number of nitrogens with zero attached hydrogens (tertiary/aromatic N) is 1. The van der Waals surface area contributed by atoms with E-state index in [9.17, 15) is 4.79 Å². The number of amides is 1. The van der Waals surface area contributed by atoms with Gasteiger partial charge in [0.25, 0.3) is 0 Å². The molecule has 0 radical (unpaired) electrons. The summed E-state index contributed by atoms with van der Waals surface area (Å²) in [5.41, 5.74) is 0.950. The summed E-state index contributed by atoms with van der Waals surface area (Å²) in [5.74, 6) is 0.219. The molecule has 3 heteroatoms. The van der Waals surface area contributed by atoms with Gasteiger partial charge in [-0.05, 0) is 50.9 Å². The lowest BCUT2D eigenvalue weighted by Gasteiger charge is -2.18. The predicted molar refractivity (Wildman–Crippen MR) is 87.4 cm³/mol. The Morgan fingerprint density at radius 3 is 2.38 bits per heavy atom. The lowest BCUT2D eigenvalue weighted by atomic mass is 9.95. The molecule has 2 rings (SSSR count). The van der Waals surface area contributed by atoms with Crippen LogP contribution in [0.4, 0.5) is 0 Å². The van der Waals surface area contributed by atoms with E-state index in [1.165, 1.54) is 5.56 Å². The molecule has 0 heterocycles. The summed E-state index contributed by atoms with van der Waals surface area (Å²) >= 11 is 0. The predicted octanol–water partition coefficient (Wildman–Crippen LogP) is 2.96. The van der Waals surface area contributed by atoms with Gasteiger partial charge in [0.05, 0.1) is 5.41 Å². The minimum Gasteiger partial charge on any atom is -0.355 e. The van der Waals surface area contributed by atoms with E-state index in [0.29, 0.717) is 0 Å². The second-order valence-electron chi connectivity index (χ2n) is 5.94. The first-order valence-electron chi connectivity index (χ1n) is 8.29. The van der Waals surface area contributed by atoms with Crippen LogP contribution in [0.5, 0.6) is 0 Å². The van der Waals surface area contributed by atoms with Crippen LogP contribution in [0.25, 0.3) is 0 Å². The van der Waals surface area contributed by atoms with Crippen LogP contribution in [0.3, 0.4) is 0 Å². The minimum atomic E-state index is -0.222. The highest BCUT2D eigenvalue weighted by molar-refractivity contribution is 5.91. The van der Waals surface area contributed by atoms with Crippen LogP contribution in [0.2, 0.25) is 0 Å². The summed E-state index contributed by atoms with van der Waals surface area (Å²) in [7, 11) is 0. The quantitative estimate of drug-likeness (QED) is 0.709. The Bertz CT molecular complexity index is 436. The van der Waals surface area contributed by atoms with Crippen LogP contribution in [0.1, 0.15) is 45.1 Å². The topological polar surface area (TPSA) is 32.3 Å². The lowest BCUT2D eigenvalue weighted by Crippen LogP contribution is -2.35. The molecular formula is C18H28N2O. The second-order valence-corrected chi connectivity index (χ2v) is 5.94. The van der Waals surface area contributed by atoms with Gasteiger partial charge < -0.3 is 10.2 Å². The average Bonchev–Trinajstić information content (AvgIpc) is 3.33. The number of carbonyl (C=O) groups excluding carboxylic acids is 1. The third-order valence-corrected chi connectivity index (χ3v) is 4.59. The SMILES string of the molecule is CCN(CC)CCCCNC(=O)C1(c2ccccc2)CC1. The Kier molecular flexibility index (Phi) is 5.80. The van der Waals surface area contributed by atoms with E-state index < -0.39 is 0 Å². The molecule has 1 aromatic rings. The molecule has 0 spiro atoms. The molecule has 116 valence electrons. The maximum Gasteiger partial charge on any atom is 0.230 e. The number of nitrogens with one attached hydrogen (secondary N) is 1. The third-order valence-electron chi connectivity index (χ3n) is 4.59. The number of benzene rings is 1. The van der Waals surface area contributed by atoms with Gasteiger partial charge in [-0.25, -0.2) is 0 Å². The zero-order valence-corrected chi connectivity index (χ0v) is 13.4. The van der Waals surface area contributed by atoms with Gasteiger partial charge in [-0.15, -0.1) is 0 Å². The number of unbranched alkanes of at least 4 members (excludes halogenated alkanes) is 1. The first kappa shape index (κ1) is 16.0. The first-order chi connectivity index (χ1) is 10.2. The van der Waals surface area contributed by atoms with Gasteiger partial charge in [0.15, 0.2) is 0 Å². The molecule has 0 bridgehead atoms. The van der Waals surface area contributed by atoms with Crippen molar-refractivity contribution in [2.45, 2.75) is 44.9 Å². The molecule has 1 N–H and O–H groups in total. The van der Waals surface area contributed by atoms with Gasteiger partial charge >= 0.3 is 0 Å². The summed E-state index contributed by atoms with van der Waals surface area (Å²) in [4.78, 5) is 14.8. The molecule has 1 aromatic carbocycles. The van der Waals surface area contributed by atoms with Crippen molar-refractivity contribution < 1.29 is 4.79 Å². The van der Waals surface area contributed by atoms with Crippen molar-refractivity contribution in [3.8, 4) is 0 Å². The van der Waals surface area contributed by atoms with Crippen molar-refractivity contribution in [2.24, 2.45) is 0 Å². The first-order valence-corrected chi connectivity index (χ1v) is 8.29. The van der Waals surface area contributed by atoms with Crippen molar-refractivity contribution in [1.29, 1.82) is 0 Å². The smallest absolute Gasteiger partial charge is 0.230 e. The van der Waals surface area contributed by atoms with Gasteiger partial charge in [0.1, 0.15) is 0 Å². The molecule has 1 aliphatic rings. The van der Waals surface area contributed by atoms with Gasteiger partial charge in [0.2, 0.25) is 5.91 Å². The van der Waals surface area contributed by atoms with Crippen molar-refractivity contribution in [3.63, 3.8) is 0 Å². The van der Waals surface area contributed by atoms with Crippen LogP contribution in [-0.2, 0) is 10.2 Å². The second kappa shape index (κ2) is 7.60. The molecule has 0 aliphatic heterocycles. The number of carbonyl (C=O) groups is 1. The normalized spacial score (nSPS) is 16.0. The molecule has 1 saturated carbocycles. The molecule has 1 fully saturated rings. The Balaban J connectivity index is 1.71. The fourth-order valence-corrected chi connectivity index (χ4v) is 2.90. The average molecular weight is 288 g/mol. The molecule has 1 aliphatic carbocycles. The maximum absolute atomic E-state index is 12.4. The van der Waals surface area contributed by atoms with E-state index in [1.807, 2.05) is 18.2 Å². The van der Waals surface area contributed by atoms with Crippen LogP contribution >= 0.6 is 0 Å². The van der Waals surface area contributed by atoms with E-state index in [1.54, 1.807) is 0 Å². The highest BCUT2D eigenvalue weighted by atomic mass is 16.2. The monoisotopic (exact) mass is 288 g/mol. The fraction of sp³-hybridized carbons (Fsp3) is 0.611. The number of hydrogen-bond acceptors (Lipinski definition) is 2. The third kappa shape index (κ3) is 4.07. The molecule has 0 unspecified atom stereocenters. The van der Waals surface area contributed by atoms with E-state index in [-0.39, 0.29) is 11.3 Å². The summed E-state index contributed by atoms with van der Waals surface area (Å²) < 4.78 is 0. The van der Waals surface area contributed by atoms with Crippen LogP contribution in [0, 0.1) is 0 Å². The molecule has 1 amide bonds. The standard InChI is InChI=1S/C18H28N2O/c1-3-20(4-2)15-9-8-14-19-17(21)18(12-13-18)16-10-6-5-7-11-16/h5-7,10-11H,3-4,8-9,12-15H2,1-2H3,(H,19,21). The van der Waals surface area contributed by atoms with E-state index in [2.05, 4.69) is 36.2 Å². The lowest BCUT2D eigenvalue weighted by molar-refractivity contribution is -0.123. The highest BCUT2D eigenvalue weighted by Crippen LogP contribution is 2.48. The van der Waals surface area contributed by atoms with Gasteiger partial charge in [-0.1, -0.05) is 44.2 Å². The molecule has 0 aromatic heterocycles. The summed E-state index contributed by atoms with van der Waals surface area (Å²) in [5, 5.41) is 3.14. The minimum absolute atomic E-state index is 0.219. The molecular weight excluding hydrogens is 260 g/mol. The van der Waals surface area contributed by atoms with Gasteiger partial charge in [0, 0.05) is 6.54 Å². The van der Waals surface area contributed by atoms with Crippen molar-refractivity contribution in [1.82, 2.24) is 10.2 Å². The molecule has 3 nitrogen and oxygen atoms in total. The van der Waals surface area contributed by atoms with E-state index in [0.717, 1.165) is 51.9 Å². The molecule has 21 heavy (non-hydrogen) atoms. The zero-order chi connectivity index (χ0) is 15.1. The number of rotatable bonds is 9. The Labute approximate surface area is 128 Å². The molecule has 0 atom stereocenters. The summed E-state index contributed by atoms with van der Waals surface area (Å²) in [6, 6.07) is 10.2. The Hall–Kier alpha value is -1.35. The Morgan fingerprint density at radius 2 is 1.81 bits per heavy atom. The Morgan fingerprint density at radius 1 is 1.14 bits per heavy atom. The van der Waals surface area contributed by atoms with Crippen LogP contribution in [-0.4, -0.2) is 37.0 Å².